The number of anilines is 1. The Balaban J connectivity index is 1.50. The molecule has 0 bridgehead atoms. The molecule has 124 valence electrons. The normalized spacial score (nSPS) is 10.9. The Morgan fingerprint density at radius 2 is 2.00 bits per heavy atom. The number of rotatable bonds is 4. The number of imidazole rings is 2. The first-order valence-electron chi connectivity index (χ1n) is 7.98. The molecule has 0 spiro atoms. The van der Waals surface area contributed by atoms with Crippen LogP contribution < -0.4 is 5.32 Å². The second-order valence-corrected chi connectivity index (χ2v) is 5.96. The number of nitrogens with one attached hydrogen (secondary N) is 1. The monoisotopic (exact) mass is 331 g/mol. The van der Waals surface area contributed by atoms with Crippen LogP contribution in [-0.2, 0) is 6.54 Å². The van der Waals surface area contributed by atoms with E-state index in [4.69, 9.17) is 0 Å². The highest BCUT2D eigenvalue weighted by Crippen LogP contribution is 2.16. The van der Waals surface area contributed by atoms with E-state index in [1.165, 1.54) is 0 Å². The zero-order valence-corrected chi connectivity index (χ0v) is 13.8. The van der Waals surface area contributed by atoms with E-state index < -0.39 is 0 Å². The van der Waals surface area contributed by atoms with Crippen LogP contribution in [0.3, 0.4) is 0 Å². The van der Waals surface area contributed by atoms with Gasteiger partial charge < -0.3 is 14.3 Å². The van der Waals surface area contributed by atoms with Gasteiger partial charge in [-0.05, 0) is 36.2 Å². The summed E-state index contributed by atoms with van der Waals surface area (Å²) in [6, 6.07) is 9.51. The van der Waals surface area contributed by atoms with Crippen LogP contribution in [0.15, 0.2) is 67.6 Å². The lowest BCUT2D eigenvalue weighted by Crippen LogP contribution is -2.12. The van der Waals surface area contributed by atoms with Crippen molar-refractivity contribution in [3.63, 3.8) is 0 Å². The van der Waals surface area contributed by atoms with Crippen molar-refractivity contribution in [2.45, 2.75) is 13.5 Å². The number of aromatic nitrogens is 4. The summed E-state index contributed by atoms with van der Waals surface area (Å²) in [6.07, 6.45) is 10.9. The molecule has 25 heavy (non-hydrogen) atoms. The summed E-state index contributed by atoms with van der Waals surface area (Å²) in [5.41, 5.74) is 4.39. The number of hydrogen-bond donors (Lipinski definition) is 1. The Labute approximate surface area is 144 Å². The first-order valence-corrected chi connectivity index (χ1v) is 7.98. The second-order valence-electron chi connectivity index (χ2n) is 5.96. The fourth-order valence-corrected chi connectivity index (χ4v) is 2.83. The number of hydrogen-bond acceptors (Lipinski definition) is 3. The maximum Gasteiger partial charge on any atom is 0.255 e. The minimum atomic E-state index is -0.131. The summed E-state index contributed by atoms with van der Waals surface area (Å²) in [4.78, 5) is 20.8. The molecule has 0 fully saturated rings. The van der Waals surface area contributed by atoms with Gasteiger partial charge in [-0.15, -0.1) is 0 Å². The minimum absolute atomic E-state index is 0.131. The third kappa shape index (κ3) is 3.14. The molecule has 0 atom stereocenters. The van der Waals surface area contributed by atoms with Crippen molar-refractivity contribution in [1.29, 1.82) is 0 Å². The van der Waals surface area contributed by atoms with Crippen LogP contribution in [0.25, 0.3) is 5.65 Å². The van der Waals surface area contributed by atoms with E-state index in [9.17, 15) is 4.79 Å². The van der Waals surface area contributed by atoms with E-state index in [0.717, 1.165) is 29.0 Å². The Kier molecular flexibility index (Phi) is 3.78. The van der Waals surface area contributed by atoms with Crippen molar-refractivity contribution in [3.05, 3.63) is 84.3 Å². The lowest BCUT2D eigenvalue weighted by molar-refractivity contribution is 0.102. The van der Waals surface area contributed by atoms with E-state index in [2.05, 4.69) is 15.3 Å². The third-order valence-corrected chi connectivity index (χ3v) is 4.07. The van der Waals surface area contributed by atoms with Gasteiger partial charge >= 0.3 is 0 Å². The molecule has 1 N–H and O–H groups in total. The standard InChI is InChI=1S/C19H17N5O/c1-14-10-17(12-24-9-7-21-18(14)24)22-19(25)16-4-2-15(3-5-16)11-23-8-6-20-13-23/h2-10,12-13H,11H2,1H3,(H,22,25). The first-order chi connectivity index (χ1) is 12.2. The Morgan fingerprint density at radius 1 is 1.16 bits per heavy atom. The lowest BCUT2D eigenvalue weighted by atomic mass is 10.1. The number of nitrogens with zero attached hydrogens (tertiary/aromatic N) is 4. The summed E-state index contributed by atoms with van der Waals surface area (Å²) >= 11 is 0. The molecule has 4 aromatic rings. The van der Waals surface area contributed by atoms with Crippen molar-refractivity contribution < 1.29 is 4.79 Å². The minimum Gasteiger partial charge on any atom is -0.333 e. The highest BCUT2D eigenvalue weighted by Gasteiger charge is 2.08. The van der Waals surface area contributed by atoms with Gasteiger partial charge in [-0.25, -0.2) is 9.97 Å². The largest absolute Gasteiger partial charge is 0.333 e. The van der Waals surface area contributed by atoms with E-state index in [0.29, 0.717) is 5.56 Å². The molecule has 1 amide bonds. The van der Waals surface area contributed by atoms with Gasteiger partial charge in [0.1, 0.15) is 5.65 Å². The van der Waals surface area contributed by atoms with Gasteiger partial charge in [0.15, 0.2) is 0 Å². The van der Waals surface area contributed by atoms with Gasteiger partial charge in [0, 0.05) is 43.1 Å². The first kappa shape index (κ1) is 15.1. The van der Waals surface area contributed by atoms with E-state index in [-0.39, 0.29) is 5.91 Å². The van der Waals surface area contributed by atoms with Gasteiger partial charge in [-0.1, -0.05) is 12.1 Å². The Bertz CT molecular complexity index is 1020. The molecule has 1 aromatic carbocycles. The number of aryl methyl sites for hydroxylation is 1. The Hall–Kier alpha value is -3.41. The number of carbonyl (C=O) groups excluding carboxylic acids is 1. The maximum absolute atomic E-state index is 12.5. The molecule has 0 radical (unpaired) electrons. The summed E-state index contributed by atoms with van der Waals surface area (Å²) in [6.45, 7) is 2.71. The average molecular weight is 331 g/mol. The van der Waals surface area contributed by atoms with Gasteiger partial charge in [0.05, 0.1) is 12.0 Å². The Morgan fingerprint density at radius 3 is 2.76 bits per heavy atom. The van der Waals surface area contributed by atoms with Gasteiger partial charge in [-0.2, -0.15) is 0 Å². The topological polar surface area (TPSA) is 64.2 Å². The molecule has 0 aliphatic rings. The number of benzene rings is 1. The van der Waals surface area contributed by atoms with Crippen molar-refractivity contribution in [2.24, 2.45) is 0 Å². The van der Waals surface area contributed by atoms with Crippen molar-refractivity contribution in [1.82, 2.24) is 18.9 Å². The zero-order valence-electron chi connectivity index (χ0n) is 13.8. The predicted octanol–water partition coefficient (Wildman–Crippen LogP) is 3.14. The summed E-state index contributed by atoms with van der Waals surface area (Å²) in [5.74, 6) is -0.131. The molecule has 0 saturated heterocycles. The smallest absolute Gasteiger partial charge is 0.255 e. The number of carbonyl (C=O) groups is 1. The molecule has 6 heteroatoms. The third-order valence-electron chi connectivity index (χ3n) is 4.07. The second kappa shape index (κ2) is 6.24. The van der Waals surface area contributed by atoms with Crippen molar-refractivity contribution >= 4 is 17.2 Å². The van der Waals surface area contributed by atoms with Crippen LogP contribution >= 0.6 is 0 Å². The van der Waals surface area contributed by atoms with Crippen molar-refractivity contribution in [2.75, 3.05) is 5.32 Å². The summed E-state index contributed by atoms with van der Waals surface area (Å²) in [5, 5.41) is 2.94. The van der Waals surface area contributed by atoms with Crippen molar-refractivity contribution in [3.8, 4) is 0 Å². The van der Waals surface area contributed by atoms with Crippen LogP contribution in [0.5, 0.6) is 0 Å². The molecule has 0 aliphatic carbocycles. The molecule has 3 heterocycles. The van der Waals surface area contributed by atoms with E-state index in [1.54, 1.807) is 18.7 Å². The highest BCUT2D eigenvalue weighted by atomic mass is 16.1. The van der Waals surface area contributed by atoms with Crippen LogP contribution in [0.4, 0.5) is 5.69 Å². The van der Waals surface area contributed by atoms with E-state index >= 15 is 0 Å². The number of fused-ring (bicyclic) bond motifs is 1. The molecular weight excluding hydrogens is 314 g/mol. The maximum atomic E-state index is 12.5. The predicted molar refractivity (Wildman–Crippen MR) is 95.7 cm³/mol. The van der Waals surface area contributed by atoms with Gasteiger partial charge in [0.2, 0.25) is 0 Å². The average Bonchev–Trinajstić information content (AvgIpc) is 3.27. The van der Waals surface area contributed by atoms with Crippen LogP contribution in [0.1, 0.15) is 21.5 Å². The van der Waals surface area contributed by atoms with Gasteiger partial charge in [0.25, 0.3) is 5.91 Å². The molecule has 0 unspecified atom stereocenters. The summed E-state index contributed by atoms with van der Waals surface area (Å²) < 4.78 is 3.89. The highest BCUT2D eigenvalue weighted by molar-refractivity contribution is 6.04. The molecular formula is C19H17N5O. The van der Waals surface area contributed by atoms with Crippen LogP contribution in [0, 0.1) is 6.92 Å². The quantitative estimate of drug-likeness (QED) is 0.625. The molecule has 3 aromatic heterocycles. The number of amides is 1. The lowest BCUT2D eigenvalue weighted by Gasteiger charge is -2.09. The van der Waals surface area contributed by atoms with E-state index in [1.807, 2.05) is 64.8 Å². The zero-order chi connectivity index (χ0) is 17.2. The molecule has 0 aliphatic heterocycles. The molecule has 6 nitrogen and oxygen atoms in total. The summed E-state index contributed by atoms with van der Waals surface area (Å²) in [7, 11) is 0. The fourth-order valence-electron chi connectivity index (χ4n) is 2.83. The van der Waals surface area contributed by atoms with Crippen LogP contribution in [0.2, 0.25) is 0 Å². The van der Waals surface area contributed by atoms with Crippen LogP contribution in [-0.4, -0.2) is 24.8 Å². The molecule has 4 rings (SSSR count). The SMILES string of the molecule is Cc1cc(NC(=O)c2ccc(Cn3ccnc3)cc2)cn2ccnc12. The molecule has 0 saturated carbocycles. The van der Waals surface area contributed by atoms with Gasteiger partial charge in [-0.3, -0.25) is 4.79 Å². The fraction of sp³-hybridized carbons (Fsp3) is 0.105. The number of pyridine rings is 1.